The van der Waals surface area contributed by atoms with E-state index in [1.165, 1.54) is 6.92 Å². The third-order valence-electron chi connectivity index (χ3n) is 4.13. The minimum atomic E-state index is -0.0672. The van der Waals surface area contributed by atoms with Gasteiger partial charge in [-0.25, -0.2) is 4.98 Å². The van der Waals surface area contributed by atoms with Crippen molar-refractivity contribution >= 4 is 23.6 Å². The van der Waals surface area contributed by atoms with Crippen LogP contribution in [0.4, 0.5) is 0 Å². The van der Waals surface area contributed by atoms with E-state index in [0.717, 1.165) is 11.1 Å². The van der Waals surface area contributed by atoms with E-state index in [1.54, 1.807) is 24.4 Å². The SMILES string of the molecule is CC(=O)N[C@@H](C)/C=C/c1ccc(Oc2ccc(OCc3ccccc3)cc2Cl)nc1. The maximum atomic E-state index is 11.0. The van der Waals surface area contributed by atoms with Gasteiger partial charge in [0.1, 0.15) is 18.1 Å². The summed E-state index contributed by atoms with van der Waals surface area (Å²) in [5.74, 6) is 1.53. The first-order chi connectivity index (χ1) is 14.5. The van der Waals surface area contributed by atoms with Crippen molar-refractivity contribution in [3.8, 4) is 17.4 Å². The highest BCUT2D eigenvalue weighted by Crippen LogP contribution is 2.32. The summed E-state index contributed by atoms with van der Waals surface area (Å²) in [6.07, 6.45) is 5.48. The average molecular weight is 423 g/mol. The van der Waals surface area contributed by atoms with Crippen LogP contribution in [0.15, 0.2) is 72.9 Å². The number of halogens is 1. The van der Waals surface area contributed by atoms with Gasteiger partial charge in [-0.1, -0.05) is 54.1 Å². The zero-order valence-electron chi connectivity index (χ0n) is 16.8. The van der Waals surface area contributed by atoms with Gasteiger partial charge in [0, 0.05) is 31.3 Å². The highest BCUT2D eigenvalue weighted by molar-refractivity contribution is 6.32. The highest BCUT2D eigenvalue weighted by atomic mass is 35.5. The molecule has 0 saturated heterocycles. The molecule has 2 aromatic carbocycles. The van der Waals surface area contributed by atoms with Crippen molar-refractivity contribution in [1.82, 2.24) is 10.3 Å². The first kappa shape index (κ1) is 21.4. The molecule has 6 heteroatoms. The Kier molecular flexibility index (Phi) is 7.46. The van der Waals surface area contributed by atoms with Crippen molar-refractivity contribution < 1.29 is 14.3 Å². The number of nitrogens with one attached hydrogen (secondary N) is 1. The molecule has 3 aromatic rings. The number of carbonyl (C=O) groups excluding carboxylic acids is 1. The third kappa shape index (κ3) is 6.64. The number of ether oxygens (including phenoxy) is 2. The molecule has 3 rings (SSSR count). The van der Waals surface area contributed by atoms with Crippen LogP contribution in [-0.4, -0.2) is 16.9 Å². The van der Waals surface area contributed by atoms with Crippen LogP contribution in [0.5, 0.6) is 17.4 Å². The normalized spacial score (nSPS) is 11.8. The van der Waals surface area contributed by atoms with Gasteiger partial charge in [0.25, 0.3) is 0 Å². The fourth-order valence-corrected chi connectivity index (χ4v) is 2.89. The molecule has 0 aliphatic carbocycles. The zero-order valence-corrected chi connectivity index (χ0v) is 17.6. The van der Waals surface area contributed by atoms with Gasteiger partial charge in [0.2, 0.25) is 11.8 Å². The Morgan fingerprint density at radius 3 is 2.63 bits per heavy atom. The number of benzene rings is 2. The Bertz CT molecular complexity index is 1000. The van der Waals surface area contributed by atoms with E-state index < -0.39 is 0 Å². The zero-order chi connectivity index (χ0) is 21.3. The summed E-state index contributed by atoms with van der Waals surface area (Å²) in [4.78, 5) is 15.3. The number of hydrogen-bond donors (Lipinski definition) is 1. The molecule has 0 aliphatic rings. The summed E-state index contributed by atoms with van der Waals surface area (Å²) in [5.41, 5.74) is 1.98. The number of aromatic nitrogens is 1. The number of carbonyl (C=O) groups is 1. The molecule has 30 heavy (non-hydrogen) atoms. The Hall–Kier alpha value is -3.31. The van der Waals surface area contributed by atoms with E-state index in [0.29, 0.717) is 29.0 Å². The number of nitrogens with zero attached hydrogens (tertiary/aromatic N) is 1. The first-order valence-corrected chi connectivity index (χ1v) is 9.93. The smallest absolute Gasteiger partial charge is 0.219 e. The predicted octanol–water partition coefficient (Wildman–Crippen LogP) is 5.64. The molecule has 0 bridgehead atoms. The lowest BCUT2D eigenvalue weighted by Gasteiger charge is -2.10. The van der Waals surface area contributed by atoms with Crippen LogP contribution in [0.3, 0.4) is 0 Å². The Morgan fingerprint density at radius 2 is 1.97 bits per heavy atom. The second-order valence-electron chi connectivity index (χ2n) is 6.75. The highest BCUT2D eigenvalue weighted by Gasteiger charge is 2.07. The molecule has 154 valence electrons. The molecule has 0 fully saturated rings. The average Bonchev–Trinajstić information content (AvgIpc) is 2.74. The van der Waals surface area contributed by atoms with Crippen LogP contribution < -0.4 is 14.8 Å². The molecule has 0 saturated carbocycles. The predicted molar refractivity (Wildman–Crippen MR) is 119 cm³/mol. The number of amides is 1. The molecule has 0 aliphatic heterocycles. The van der Waals surface area contributed by atoms with Gasteiger partial charge in [0.15, 0.2) is 0 Å². The lowest BCUT2D eigenvalue weighted by atomic mass is 10.2. The van der Waals surface area contributed by atoms with Gasteiger partial charge < -0.3 is 14.8 Å². The quantitative estimate of drug-likeness (QED) is 0.510. The van der Waals surface area contributed by atoms with Crippen molar-refractivity contribution in [1.29, 1.82) is 0 Å². The second kappa shape index (κ2) is 10.5. The largest absolute Gasteiger partial charge is 0.489 e. The van der Waals surface area contributed by atoms with E-state index >= 15 is 0 Å². The van der Waals surface area contributed by atoms with Gasteiger partial charge in [-0.05, 0) is 36.2 Å². The summed E-state index contributed by atoms with van der Waals surface area (Å²) in [7, 11) is 0. The number of hydrogen-bond acceptors (Lipinski definition) is 4. The van der Waals surface area contributed by atoms with Gasteiger partial charge >= 0.3 is 0 Å². The molecule has 1 heterocycles. The van der Waals surface area contributed by atoms with Crippen LogP contribution >= 0.6 is 11.6 Å². The molecule has 0 radical (unpaired) electrons. The van der Waals surface area contributed by atoms with Gasteiger partial charge in [0.05, 0.1) is 5.02 Å². The van der Waals surface area contributed by atoms with Crippen molar-refractivity contribution in [2.75, 3.05) is 0 Å². The molecule has 1 aromatic heterocycles. The monoisotopic (exact) mass is 422 g/mol. The van der Waals surface area contributed by atoms with Crippen LogP contribution in [0.1, 0.15) is 25.0 Å². The molecule has 1 amide bonds. The summed E-state index contributed by atoms with van der Waals surface area (Å²) in [6, 6.07) is 18.8. The maximum Gasteiger partial charge on any atom is 0.219 e. The van der Waals surface area contributed by atoms with E-state index in [-0.39, 0.29) is 11.9 Å². The molecular weight excluding hydrogens is 400 g/mol. The van der Waals surface area contributed by atoms with Crippen molar-refractivity contribution in [2.24, 2.45) is 0 Å². The molecule has 5 nitrogen and oxygen atoms in total. The van der Waals surface area contributed by atoms with E-state index in [1.807, 2.05) is 61.5 Å². The van der Waals surface area contributed by atoms with Crippen LogP contribution in [0, 0.1) is 0 Å². The molecule has 0 unspecified atom stereocenters. The van der Waals surface area contributed by atoms with E-state index in [4.69, 9.17) is 21.1 Å². The second-order valence-corrected chi connectivity index (χ2v) is 7.15. The molecule has 0 spiro atoms. The number of rotatable bonds is 8. The van der Waals surface area contributed by atoms with Crippen LogP contribution in [0.2, 0.25) is 5.02 Å². The summed E-state index contributed by atoms with van der Waals surface area (Å²) in [6.45, 7) is 3.86. The van der Waals surface area contributed by atoms with Gasteiger partial charge in [-0.2, -0.15) is 0 Å². The Morgan fingerprint density at radius 1 is 1.17 bits per heavy atom. The van der Waals surface area contributed by atoms with Gasteiger partial charge in [-0.3, -0.25) is 4.79 Å². The van der Waals surface area contributed by atoms with Crippen LogP contribution in [-0.2, 0) is 11.4 Å². The lowest BCUT2D eigenvalue weighted by Crippen LogP contribution is -2.28. The molecule has 1 N–H and O–H groups in total. The van der Waals surface area contributed by atoms with Crippen molar-refractivity contribution in [3.05, 3.63) is 89.1 Å². The number of pyridine rings is 1. The van der Waals surface area contributed by atoms with Crippen LogP contribution in [0.25, 0.3) is 6.08 Å². The maximum absolute atomic E-state index is 11.0. The van der Waals surface area contributed by atoms with E-state index in [2.05, 4.69) is 10.3 Å². The fourth-order valence-electron chi connectivity index (χ4n) is 2.68. The Labute approximate surface area is 181 Å². The fraction of sp³-hybridized carbons (Fsp3) is 0.167. The summed E-state index contributed by atoms with van der Waals surface area (Å²) in [5, 5.41) is 3.23. The lowest BCUT2D eigenvalue weighted by molar-refractivity contribution is -0.119. The third-order valence-corrected chi connectivity index (χ3v) is 4.43. The summed E-state index contributed by atoms with van der Waals surface area (Å²) >= 11 is 6.34. The van der Waals surface area contributed by atoms with Crippen molar-refractivity contribution in [2.45, 2.75) is 26.5 Å². The first-order valence-electron chi connectivity index (χ1n) is 9.55. The minimum absolute atomic E-state index is 0.0557. The van der Waals surface area contributed by atoms with Gasteiger partial charge in [-0.15, -0.1) is 0 Å². The van der Waals surface area contributed by atoms with E-state index in [9.17, 15) is 4.79 Å². The molecule has 1 atom stereocenters. The Balaban J connectivity index is 1.58. The molecular formula is C24H23ClN2O3. The topological polar surface area (TPSA) is 60.5 Å². The van der Waals surface area contributed by atoms with Crippen molar-refractivity contribution in [3.63, 3.8) is 0 Å². The standard InChI is InChI=1S/C24H23ClN2O3/c1-17(27-18(2)28)8-9-19-10-13-24(26-15-19)30-23-12-11-21(14-22(23)25)29-16-20-6-4-3-5-7-20/h3-15,17H,16H2,1-2H3,(H,27,28)/b9-8+/t17-/m0/s1. The summed E-state index contributed by atoms with van der Waals surface area (Å²) < 4.78 is 11.6. The minimum Gasteiger partial charge on any atom is -0.489 e.